The minimum absolute atomic E-state index is 0.0447. The van der Waals surface area contributed by atoms with Crippen molar-refractivity contribution in [1.29, 1.82) is 0 Å². The standard InChI is InChI=1S/C24H27N3O6/c1-24(2,3)32-23(30)27-11-9-15(10-12-27)20-19-17(22(28)29)13-18(25-21(19)33-26-20)14-5-7-16(31-4)8-6-14/h5-8,13,15H,9-12H2,1-4H3,(H,28,29). The Balaban J connectivity index is 1.61. The molecule has 0 aliphatic carbocycles. The Hall–Kier alpha value is -3.62. The van der Waals surface area contributed by atoms with Crippen LogP contribution in [0, 0.1) is 0 Å². The van der Waals surface area contributed by atoms with E-state index in [0.717, 1.165) is 5.56 Å². The molecule has 9 nitrogen and oxygen atoms in total. The number of carbonyl (C=O) groups excluding carboxylic acids is 1. The summed E-state index contributed by atoms with van der Waals surface area (Å²) in [5.74, 6) is -0.428. The van der Waals surface area contributed by atoms with Crippen molar-refractivity contribution in [3.8, 4) is 17.0 Å². The Morgan fingerprint density at radius 2 is 1.82 bits per heavy atom. The molecule has 0 atom stereocenters. The summed E-state index contributed by atoms with van der Waals surface area (Å²) in [6, 6.07) is 8.73. The van der Waals surface area contributed by atoms with Crippen molar-refractivity contribution in [1.82, 2.24) is 15.0 Å². The molecule has 0 spiro atoms. The molecule has 2 aromatic heterocycles. The number of carboxylic acid groups (broad SMARTS) is 1. The normalized spacial score (nSPS) is 15.0. The molecule has 9 heteroatoms. The summed E-state index contributed by atoms with van der Waals surface area (Å²) in [5.41, 5.74) is 1.51. The number of nitrogens with zero attached hydrogens (tertiary/aromatic N) is 3. The molecule has 174 valence electrons. The third-order valence-corrected chi connectivity index (χ3v) is 5.62. The molecular weight excluding hydrogens is 426 g/mol. The van der Waals surface area contributed by atoms with E-state index in [2.05, 4.69) is 10.1 Å². The first-order chi connectivity index (χ1) is 15.7. The maximum absolute atomic E-state index is 12.3. The molecule has 0 unspecified atom stereocenters. The first-order valence-corrected chi connectivity index (χ1v) is 10.8. The number of hydrogen-bond donors (Lipinski definition) is 1. The number of carboxylic acids is 1. The van der Waals surface area contributed by atoms with E-state index >= 15 is 0 Å². The van der Waals surface area contributed by atoms with Gasteiger partial charge in [0, 0.05) is 24.6 Å². The van der Waals surface area contributed by atoms with Gasteiger partial charge in [0.15, 0.2) is 0 Å². The van der Waals surface area contributed by atoms with E-state index in [-0.39, 0.29) is 23.3 Å². The van der Waals surface area contributed by atoms with Gasteiger partial charge < -0.3 is 24.0 Å². The van der Waals surface area contributed by atoms with Crippen LogP contribution < -0.4 is 4.74 Å². The Bertz CT molecular complexity index is 1170. The number of piperidine rings is 1. The Kier molecular flexibility index (Phi) is 5.97. The number of aromatic carboxylic acids is 1. The summed E-state index contributed by atoms with van der Waals surface area (Å²) in [4.78, 5) is 30.7. The van der Waals surface area contributed by atoms with Crippen LogP contribution in [0.1, 0.15) is 55.6 Å². The first-order valence-electron chi connectivity index (χ1n) is 10.8. The third-order valence-electron chi connectivity index (χ3n) is 5.62. The smallest absolute Gasteiger partial charge is 0.410 e. The number of aromatic nitrogens is 2. The number of methoxy groups -OCH3 is 1. The van der Waals surface area contributed by atoms with Gasteiger partial charge in [0.1, 0.15) is 11.4 Å². The highest BCUT2D eigenvalue weighted by atomic mass is 16.6. The van der Waals surface area contributed by atoms with Gasteiger partial charge in [0.05, 0.1) is 29.4 Å². The summed E-state index contributed by atoms with van der Waals surface area (Å²) in [6.45, 7) is 6.49. The lowest BCUT2D eigenvalue weighted by Gasteiger charge is -2.32. The van der Waals surface area contributed by atoms with E-state index in [4.69, 9.17) is 14.0 Å². The van der Waals surface area contributed by atoms with Crippen LogP contribution >= 0.6 is 0 Å². The summed E-state index contributed by atoms with van der Waals surface area (Å²) >= 11 is 0. The molecule has 1 saturated heterocycles. The fraction of sp³-hybridized carbons (Fsp3) is 0.417. The molecule has 3 heterocycles. The number of rotatable bonds is 4. The Morgan fingerprint density at radius 1 is 1.15 bits per heavy atom. The largest absolute Gasteiger partial charge is 0.497 e. The van der Waals surface area contributed by atoms with Crippen LogP contribution in [0.15, 0.2) is 34.9 Å². The van der Waals surface area contributed by atoms with Gasteiger partial charge in [-0.2, -0.15) is 0 Å². The number of hydrogen-bond acceptors (Lipinski definition) is 7. The molecule has 3 aromatic rings. The predicted molar refractivity (Wildman–Crippen MR) is 121 cm³/mol. The second-order valence-corrected chi connectivity index (χ2v) is 9.08. The Labute approximate surface area is 191 Å². The van der Waals surface area contributed by atoms with Crippen molar-refractivity contribution in [3.63, 3.8) is 0 Å². The second-order valence-electron chi connectivity index (χ2n) is 9.08. The van der Waals surface area contributed by atoms with E-state index in [1.54, 1.807) is 30.2 Å². The van der Waals surface area contributed by atoms with Gasteiger partial charge in [0.2, 0.25) is 0 Å². The number of likely N-dealkylation sites (tertiary alicyclic amines) is 1. The number of amides is 1. The van der Waals surface area contributed by atoms with Crippen LogP contribution in [-0.4, -0.2) is 58.0 Å². The molecule has 1 N–H and O–H groups in total. The van der Waals surface area contributed by atoms with Crippen molar-refractivity contribution in [2.45, 2.75) is 45.1 Å². The second kappa shape index (κ2) is 8.73. The minimum atomic E-state index is -1.08. The quantitative estimate of drug-likeness (QED) is 0.604. The fourth-order valence-corrected chi connectivity index (χ4v) is 3.99. The lowest BCUT2D eigenvalue weighted by atomic mass is 9.90. The summed E-state index contributed by atoms with van der Waals surface area (Å²) < 4.78 is 16.1. The van der Waals surface area contributed by atoms with Crippen molar-refractivity contribution in [3.05, 3.63) is 41.6 Å². The molecule has 0 radical (unpaired) electrons. The van der Waals surface area contributed by atoms with Crippen molar-refractivity contribution < 1.29 is 28.7 Å². The summed E-state index contributed by atoms with van der Waals surface area (Å²) in [6.07, 6.45) is 0.906. The molecule has 1 aromatic carbocycles. The lowest BCUT2D eigenvalue weighted by molar-refractivity contribution is 0.0203. The number of benzene rings is 1. The van der Waals surface area contributed by atoms with E-state index in [0.29, 0.717) is 48.5 Å². The zero-order chi connectivity index (χ0) is 23.8. The van der Waals surface area contributed by atoms with E-state index < -0.39 is 11.6 Å². The molecule has 0 bridgehead atoms. The van der Waals surface area contributed by atoms with E-state index in [1.807, 2.05) is 32.9 Å². The van der Waals surface area contributed by atoms with E-state index in [9.17, 15) is 14.7 Å². The average molecular weight is 453 g/mol. The Morgan fingerprint density at radius 3 is 2.39 bits per heavy atom. The third kappa shape index (κ3) is 4.76. The zero-order valence-electron chi connectivity index (χ0n) is 19.1. The number of carbonyl (C=O) groups is 2. The van der Waals surface area contributed by atoms with Crippen molar-refractivity contribution >= 4 is 23.2 Å². The van der Waals surface area contributed by atoms with Crippen molar-refractivity contribution in [2.75, 3.05) is 20.2 Å². The number of ether oxygens (including phenoxy) is 2. The highest BCUT2D eigenvalue weighted by molar-refractivity contribution is 6.03. The highest BCUT2D eigenvalue weighted by Gasteiger charge is 2.31. The van der Waals surface area contributed by atoms with Gasteiger partial charge in [-0.15, -0.1) is 0 Å². The predicted octanol–water partition coefficient (Wildman–Crippen LogP) is 4.71. The van der Waals surface area contributed by atoms with Crippen LogP contribution in [0.5, 0.6) is 5.75 Å². The zero-order valence-corrected chi connectivity index (χ0v) is 19.1. The summed E-state index contributed by atoms with van der Waals surface area (Å²) in [7, 11) is 1.58. The molecular formula is C24H27N3O6. The topological polar surface area (TPSA) is 115 Å². The van der Waals surface area contributed by atoms with Crippen molar-refractivity contribution in [2.24, 2.45) is 0 Å². The van der Waals surface area contributed by atoms with Gasteiger partial charge >= 0.3 is 12.1 Å². The molecule has 4 rings (SSSR count). The van der Waals surface area contributed by atoms with Gasteiger partial charge in [0.25, 0.3) is 5.71 Å². The van der Waals surface area contributed by atoms with Crippen LogP contribution in [0.25, 0.3) is 22.4 Å². The van der Waals surface area contributed by atoms with Gasteiger partial charge in [-0.25, -0.2) is 14.6 Å². The minimum Gasteiger partial charge on any atom is -0.497 e. The van der Waals surface area contributed by atoms with Crippen LogP contribution in [0.4, 0.5) is 4.79 Å². The fourth-order valence-electron chi connectivity index (χ4n) is 3.99. The maximum atomic E-state index is 12.3. The summed E-state index contributed by atoms with van der Waals surface area (Å²) in [5, 5.41) is 14.5. The molecule has 1 fully saturated rings. The van der Waals surface area contributed by atoms with Crippen LogP contribution in [0.2, 0.25) is 0 Å². The molecule has 33 heavy (non-hydrogen) atoms. The van der Waals surface area contributed by atoms with Gasteiger partial charge in [-0.05, 0) is 63.9 Å². The van der Waals surface area contributed by atoms with Crippen LogP contribution in [-0.2, 0) is 4.74 Å². The van der Waals surface area contributed by atoms with E-state index in [1.165, 1.54) is 0 Å². The molecule has 0 saturated carbocycles. The maximum Gasteiger partial charge on any atom is 0.410 e. The molecule has 1 aliphatic heterocycles. The first kappa shape index (κ1) is 22.6. The average Bonchev–Trinajstić information content (AvgIpc) is 3.21. The SMILES string of the molecule is COc1ccc(-c2cc(C(=O)O)c3c(C4CCN(C(=O)OC(C)(C)C)CC4)noc3n2)cc1. The van der Waals surface area contributed by atoms with Gasteiger partial charge in [-0.1, -0.05) is 5.16 Å². The number of pyridine rings is 1. The monoisotopic (exact) mass is 453 g/mol. The molecule has 1 amide bonds. The lowest BCUT2D eigenvalue weighted by Crippen LogP contribution is -2.41. The van der Waals surface area contributed by atoms with Crippen LogP contribution in [0.3, 0.4) is 0 Å². The molecule has 1 aliphatic rings. The highest BCUT2D eigenvalue weighted by Crippen LogP contribution is 2.36. The van der Waals surface area contributed by atoms with Gasteiger partial charge in [-0.3, -0.25) is 0 Å². The number of fused-ring (bicyclic) bond motifs is 1.